The number of aromatic nitrogens is 1. The maximum absolute atomic E-state index is 4.64. The first-order valence-electron chi connectivity index (χ1n) is 8.46. The molecule has 0 amide bonds. The smallest absolute Gasteiger partial charge is 0.0544 e. The van der Waals surface area contributed by atoms with Gasteiger partial charge in [-0.05, 0) is 42.9 Å². The van der Waals surface area contributed by atoms with E-state index in [1.54, 1.807) is 0 Å². The number of rotatable bonds is 7. The number of pyridine rings is 1. The third-order valence-corrected chi connectivity index (χ3v) is 5.00. The largest absolute Gasteiger partial charge is 0.310 e. The summed E-state index contributed by atoms with van der Waals surface area (Å²) in [4.78, 5) is 7.21. The summed E-state index contributed by atoms with van der Waals surface area (Å²) in [5.74, 6) is 0. The van der Waals surface area contributed by atoms with Crippen molar-refractivity contribution in [2.24, 2.45) is 5.41 Å². The lowest BCUT2D eigenvalue weighted by atomic mass is 9.82. The minimum absolute atomic E-state index is 0.519. The van der Waals surface area contributed by atoms with Crippen LogP contribution in [-0.4, -0.2) is 29.0 Å². The minimum Gasteiger partial charge on any atom is -0.310 e. The molecule has 0 aromatic carbocycles. The fraction of sp³-hybridized carbons (Fsp3) is 0.722. The zero-order chi connectivity index (χ0) is 15.3. The van der Waals surface area contributed by atoms with E-state index in [2.05, 4.69) is 55.0 Å². The van der Waals surface area contributed by atoms with Gasteiger partial charge in [-0.1, -0.05) is 33.8 Å². The van der Waals surface area contributed by atoms with Crippen LogP contribution in [0.2, 0.25) is 0 Å². The normalized spacial score (nSPS) is 18.5. The van der Waals surface area contributed by atoms with E-state index in [0.717, 1.165) is 13.1 Å². The second-order valence-electron chi connectivity index (χ2n) is 6.86. The highest BCUT2D eigenvalue weighted by Gasteiger charge is 2.34. The second-order valence-corrected chi connectivity index (χ2v) is 6.86. The Morgan fingerprint density at radius 1 is 1.29 bits per heavy atom. The summed E-state index contributed by atoms with van der Waals surface area (Å²) >= 11 is 0. The summed E-state index contributed by atoms with van der Waals surface area (Å²) in [6.07, 6.45) is 5.96. The molecule has 0 spiro atoms. The molecule has 21 heavy (non-hydrogen) atoms. The zero-order valence-electron chi connectivity index (χ0n) is 14.2. The lowest BCUT2D eigenvalue weighted by Crippen LogP contribution is -2.26. The first-order chi connectivity index (χ1) is 10.1. The quantitative estimate of drug-likeness (QED) is 0.831. The minimum atomic E-state index is 0.519. The van der Waals surface area contributed by atoms with Gasteiger partial charge in [0, 0.05) is 31.9 Å². The molecule has 3 nitrogen and oxygen atoms in total. The topological polar surface area (TPSA) is 28.2 Å². The molecular formula is C18H31N3. The van der Waals surface area contributed by atoms with Crippen LogP contribution >= 0.6 is 0 Å². The summed E-state index contributed by atoms with van der Waals surface area (Å²) in [5, 5.41) is 3.43. The Morgan fingerprint density at radius 3 is 2.57 bits per heavy atom. The average Bonchev–Trinajstić information content (AvgIpc) is 2.90. The maximum atomic E-state index is 4.64. The van der Waals surface area contributed by atoms with Crippen LogP contribution < -0.4 is 5.32 Å². The highest BCUT2D eigenvalue weighted by molar-refractivity contribution is 5.14. The third kappa shape index (κ3) is 4.52. The molecule has 1 fully saturated rings. The SMILES string of the molecule is CCC1(CC)CCN(Cc2ccc(CNC(C)C)cn2)C1. The summed E-state index contributed by atoms with van der Waals surface area (Å²) in [5.41, 5.74) is 3.03. The molecule has 2 heterocycles. The second kappa shape index (κ2) is 7.37. The molecule has 1 N–H and O–H groups in total. The Morgan fingerprint density at radius 2 is 2.05 bits per heavy atom. The van der Waals surface area contributed by atoms with Gasteiger partial charge in [-0.3, -0.25) is 9.88 Å². The van der Waals surface area contributed by atoms with Crippen molar-refractivity contribution in [2.75, 3.05) is 13.1 Å². The van der Waals surface area contributed by atoms with Gasteiger partial charge in [-0.15, -0.1) is 0 Å². The van der Waals surface area contributed by atoms with Gasteiger partial charge >= 0.3 is 0 Å². The monoisotopic (exact) mass is 289 g/mol. The summed E-state index contributed by atoms with van der Waals surface area (Å²) in [6, 6.07) is 4.92. The van der Waals surface area contributed by atoms with Gasteiger partial charge in [0.05, 0.1) is 5.69 Å². The first kappa shape index (κ1) is 16.4. The third-order valence-electron chi connectivity index (χ3n) is 5.00. The van der Waals surface area contributed by atoms with Crippen molar-refractivity contribution in [1.29, 1.82) is 0 Å². The Hall–Kier alpha value is -0.930. The molecule has 3 heteroatoms. The van der Waals surface area contributed by atoms with Crippen LogP contribution in [0, 0.1) is 5.41 Å². The Labute approximate surface area is 130 Å². The molecule has 1 saturated heterocycles. The molecule has 0 unspecified atom stereocenters. The van der Waals surface area contributed by atoms with Gasteiger partial charge in [-0.25, -0.2) is 0 Å². The molecule has 1 aliphatic heterocycles. The number of hydrogen-bond donors (Lipinski definition) is 1. The lowest BCUT2D eigenvalue weighted by molar-refractivity contribution is 0.235. The Kier molecular flexibility index (Phi) is 5.77. The van der Waals surface area contributed by atoms with Crippen molar-refractivity contribution >= 4 is 0 Å². The highest BCUT2D eigenvalue weighted by Crippen LogP contribution is 2.37. The van der Waals surface area contributed by atoms with Crippen molar-refractivity contribution < 1.29 is 0 Å². The van der Waals surface area contributed by atoms with E-state index in [-0.39, 0.29) is 0 Å². The fourth-order valence-corrected chi connectivity index (χ4v) is 3.19. The molecule has 118 valence electrons. The lowest BCUT2D eigenvalue weighted by Gasteiger charge is -2.26. The molecule has 0 atom stereocenters. The summed E-state index contributed by atoms with van der Waals surface area (Å²) in [7, 11) is 0. The van der Waals surface area contributed by atoms with Crippen LogP contribution in [0.5, 0.6) is 0 Å². The van der Waals surface area contributed by atoms with E-state index in [0.29, 0.717) is 11.5 Å². The van der Waals surface area contributed by atoms with Crippen LogP contribution in [-0.2, 0) is 13.1 Å². The maximum Gasteiger partial charge on any atom is 0.0544 e. The van der Waals surface area contributed by atoms with Crippen molar-refractivity contribution in [3.05, 3.63) is 29.6 Å². The predicted octanol–water partition coefficient (Wildman–Crippen LogP) is 3.59. The van der Waals surface area contributed by atoms with Crippen LogP contribution in [0.15, 0.2) is 18.3 Å². The Balaban J connectivity index is 1.87. The number of nitrogens with zero attached hydrogens (tertiary/aromatic N) is 2. The van der Waals surface area contributed by atoms with Gasteiger partial charge in [0.25, 0.3) is 0 Å². The molecule has 0 bridgehead atoms. The summed E-state index contributed by atoms with van der Waals surface area (Å²) < 4.78 is 0. The van der Waals surface area contributed by atoms with Gasteiger partial charge < -0.3 is 5.32 Å². The van der Waals surface area contributed by atoms with Crippen molar-refractivity contribution in [2.45, 2.75) is 66.1 Å². The Bertz CT molecular complexity index is 421. The van der Waals surface area contributed by atoms with E-state index in [9.17, 15) is 0 Å². The molecule has 0 saturated carbocycles. The van der Waals surface area contributed by atoms with Gasteiger partial charge in [0.15, 0.2) is 0 Å². The van der Waals surface area contributed by atoms with Crippen molar-refractivity contribution in [3.8, 4) is 0 Å². The standard InChI is InChI=1S/C18H31N3/c1-5-18(6-2)9-10-21(14-18)13-17-8-7-16(12-20-17)11-19-15(3)4/h7-8,12,15,19H,5-6,9-11,13-14H2,1-4H3. The molecule has 1 aromatic rings. The van der Waals surface area contributed by atoms with Crippen molar-refractivity contribution in [1.82, 2.24) is 15.2 Å². The van der Waals surface area contributed by atoms with E-state index in [1.807, 2.05) is 6.20 Å². The highest BCUT2D eigenvalue weighted by atomic mass is 15.2. The predicted molar refractivity (Wildman–Crippen MR) is 89.1 cm³/mol. The molecular weight excluding hydrogens is 258 g/mol. The van der Waals surface area contributed by atoms with E-state index in [4.69, 9.17) is 0 Å². The summed E-state index contributed by atoms with van der Waals surface area (Å²) in [6.45, 7) is 13.4. The first-order valence-corrected chi connectivity index (χ1v) is 8.46. The molecule has 2 rings (SSSR count). The van der Waals surface area contributed by atoms with Gasteiger partial charge in [-0.2, -0.15) is 0 Å². The van der Waals surface area contributed by atoms with Gasteiger partial charge in [0.2, 0.25) is 0 Å². The van der Waals surface area contributed by atoms with Crippen LogP contribution in [0.3, 0.4) is 0 Å². The van der Waals surface area contributed by atoms with E-state index in [1.165, 1.54) is 43.6 Å². The van der Waals surface area contributed by atoms with Crippen LogP contribution in [0.25, 0.3) is 0 Å². The molecule has 1 aliphatic rings. The van der Waals surface area contributed by atoms with Crippen molar-refractivity contribution in [3.63, 3.8) is 0 Å². The van der Waals surface area contributed by atoms with Crippen LogP contribution in [0.4, 0.5) is 0 Å². The van der Waals surface area contributed by atoms with Crippen LogP contribution in [0.1, 0.15) is 58.2 Å². The molecule has 0 aliphatic carbocycles. The zero-order valence-corrected chi connectivity index (χ0v) is 14.2. The average molecular weight is 289 g/mol. The van der Waals surface area contributed by atoms with E-state index >= 15 is 0 Å². The molecule has 0 radical (unpaired) electrons. The van der Waals surface area contributed by atoms with E-state index < -0.39 is 0 Å². The number of hydrogen-bond acceptors (Lipinski definition) is 3. The van der Waals surface area contributed by atoms with Gasteiger partial charge in [0.1, 0.15) is 0 Å². The molecule has 1 aromatic heterocycles. The number of nitrogens with one attached hydrogen (secondary N) is 1. The number of likely N-dealkylation sites (tertiary alicyclic amines) is 1. The fourth-order valence-electron chi connectivity index (χ4n) is 3.19.